The average molecular weight is 337 g/mol. The second kappa shape index (κ2) is 6.80. The van der Waals surface area contributed by atoms with Crippen LogP contribution in [0.4, 0.5) is 0 Å². The van der Waals surface area contributed by atoms with Crippen LogP contribution in [0.1, 0.15) is 41.1 Å². The standard InChI is InChI=1S/C19H23N5O/c1-14-21-22-19(25-14)18-10-15-6-3-4-7-16(15)12-24(18)9-5-8-17-11-20-13-23(17)2/h3-4,6-7,11,13,18H,5,8-10,12H2,1-2H3. The maximum atomic E-state index is 5.76. The van der Waals surface area contributed by atoms with E-state index in [1.807, 2.05) is 26.5 Å². The van der Waals surface area contributed by atoms with Gasteiger partial charge in [0.25, 0.3) is 0 Å². The lowest BCUT2D eigenvalue weighted by molar-refractivity contribution is 0.144. The van der Waals surface area contributed by atoms with Crippen molar-refractivity contribution in [1.82, 2.24) is 24.6 Å². The summed E-state index contributed by atoms with van der Waals surface area (Å²) in [6, 6.07) is 8.80. The molecule has 1 aliphatic rings. The van der Waals surface area contributed by atoms with Gasteiger partial charge in [0.2, 0.25) is 11.8 Å². The van der Waals surface area contributed by atoms with E-state index >= 15 is 0 Å². The summed E-state index contributed by atoms with van der Waals surface area (Å²) in [6.07, 6.45) is 6.82. The molecule has 2 aromatic heterocycles. The van der Waals surface area contributed by atoms with Crippen LogP contribution in [-0.2, 0) is 26.4 Å². The lowest BCUT2D eigenvalue weighted by atomic mass is 9.93. The number of rotatable bonds is 5. The molecule has 3 aromatic rings. The smallest absolute Gasteiger partial charge is 0.233 e. The average Bonchev–Trinajstić information content (AvgIpc) is 3.23. The number of imidazole rings is 1. The molecule has 6 heteroatoms. The highest BCUT2D eigenvalue weighted by atomic mass is 16.4. The second-order valence-corrected chi connectivity index (χ2v) is 6.72. The summed E-state index contributed by atoms with van der Waals surface area (Å²) in [5.41, 5.74) is 4.05. The summed E-state index contributed by atoms with van der Waals surface area (Å²) in [7, 11) is 2.05. The van der Waals surface area contributed by atoms with Gasteiger partial charge in [0.15, 0.2) is 0 Å². The molecule has 1 unspecified atom stereocenters. The van der Waals surface area contributed by atoms with Crippen molar-refractivity contribution in [2.75, 3.05) is 6.54 Å². The molecule has 4 rings (SSSR count). The monoisotopic (exact) mass is 337 g/mol. The van der Waals surface area contributed by atoms with E-state index in [4.69, 9.17) is 4.42 Å². The number of nitrogens with zero attached hydrogens (tertiary/aromatic N) is 5. The Morgan fingerprint density at radius 2 is 2.04 bits per heavy atom. The van der Waals surface area contributed by atoms with E-state index in [1.54, 1.807) is 0 Å². The van der Waals surface area contributed by atoms with Crippen molar-refractivity contribution in [3.63, 3.8) is 0 Å². The van der Waals surface area contributed by atoms with Gasteiger partial charge in [0.05, 0.1) is 12.4 Å². The van der Waals surface area contributed by atoms with Gasteiger partial charge in [-0.1, -0.05) is 24.3 Å². The maximum Gasteiger partial charge on any atom is 0.233 e. The summed E-state index contributed by atoms with van der Waals surface area (Å²) >= 11 is 0. The third-order valence-electron chi connectivity index (χ3n) is 4.97. The minimum absolute atomic E-state index is 0.155. The van der Waals surface area contributed by atoms with E-state index in [0.29, 0.717) is 5.89 Å². The van der Waals surface area contributed by atoms with Gasteiger partial charge >= 0.3 is 0 Å². The number of aromatic nitrogens is 4. The van der Waals surface area contributed by atoms with Crippen LogP contribution < -0.4 is 0 Å². The first-order valence-corrected chi connectivity index (χ1v) is 8.77. The fourth-order valence-electron chi connectivity index (χ4n) is 3.59. The van der Waals surface area contributed by atoms with Crippen molar-refractivity contribution in [1.29, 1.82) is 0 Å². The molecule has 25 heavy (non-hydrogen) atoms. The summed E-state index contributed by atoms with van der Waals surface area (Å²) in [4.78, 5) is 6.66. The Bertz CT molecular complexity index is 853. The van der Waals surface area contributed by atoms with Crippen LogP contribution in [-0.4, -0.2) is 31.2 Å². The van der Waals surface area contributed by atoms with Crippen molar-refractivity contribution in [3.05, 3.63) is 65.4 Å². The van der Waals surface area contributed by atoms with E-state index < -0.39 is 0 Å². The van der Waals surface area contributed by atoms with E-state index in [-0.39, 0.29) is 6.04 Å². The first kappa shape index (κ1) is 16.0. The van der Waals surface area contributed by atoms with E-state index in [9.17, 15) is 0 Å². The Morgan fingerprint density at radius 3 is 2.76 bits per heavy atom. The molecule has 0 N–H and O–H groups in total. The molecule has 0 saturated carbocycles. The molecule has 0 bridgehead atoms. The van der Waals surface area contributed by atoms with Crippen molar-refractivity contribution < 1.29 is 4.42 Å². The number of fused-ring (bicyclic) bond motifs is 1. The molecule has 1 atom stereocenters. The number of aryl methyl sites for hydroxylation is 3. The molecule has 0 spiro atoms. The molecule has 0 fully saturated rings. The van der Waals surface area contributed by atoms with Gasteiger partial charge in [-0.15, -0.1) is 10.2 Å². The number of benzene rings is 1. The fourth-order valence-corrected chi connectivity index (χ4v) is 3.59. The van der Waals surface area contributed by atoms with Crippen LogP contribution in [0, 0.1) is 6.92 Å². The van der Waals surface area contributed by atoms with Crippen LogP contribution in [0.3, 0.4) is 0 Å². The van der Waals surface area contributed by atoms with Crippen LogP contribution in [0.25, 0.3) is 0 Å². The van der Waals surface area contributed by atoms with Crippen molar-refractivity contribution in [2.45, 2.75) is 38.8 Å². The molecule has 130 valence electrons. The predicted molar refractivity (Wildman–Crippen MR) is 93.9 cm³/mol. The summed E-state index contributed by atoms with van der Waals surface area (Å²) in [5, 5.41) is 8.32. The van der Waals surface area contributed by atoms with E-state index in [0.717, 1.165) is 38.2 Å². The normalized spacial score (nSPS) is 17.6. The highest BCUT2D eigenvalue weighted by Crippen LogP contribution is 2.32. The lowest BCUT2D eigenvalue weighted by Crippen LogP contribution is -2.35. The highest BCUT2D eigenvalue weighted by Gasteiger charge is 2.30. The van der Waals surface area contributed by atoms with Crippen molar-refractivity contribution in [3.8, 4) is 0 Å². The molecule has 3 heterocycles. The quantitative estimate of drug-likeness (QED) is 0.716. The Labute approximate surface area is 147 Å². The third kappa shape index (κ3) is 3.35. The lowest BCUT2D eigenvalue weighted by Gasteiger charge is -2.35. The third-order valence-corrected chi connectivity index (χ3v) is 4.97. The second-order valence-electron chi connectivity index (χ2n) is 6.72. The van der Waals surface area contributed by atoms with Gasteiger partial charge in [-0.2, -0.15) is 0 Å². The largest absolute Gasteiger partial charge is 0.424 e. The highest BCUT2D eigenvalue weighted by molar-refractivity contribution is 5.30. The molecule has 1 aromatic carbocycles. The van der Waals surface area contributed by atoms with Gasteiger partial charge in [-0.3, -0.25) is 4.90 Å². The zero-order valence-corrected chi connectivity index (χ0v) is 14.7. The van der Waals surface area contributed by atoms with Gasteiger partial charge in [0, 0.05) is 32.4 Å². The predicted octanol–water partition coefficient (Wildman–Crippen LogP) is 2.84. The van der Waals surface area contributed by atoms with Crippen molar-refractivity contribution >= 4 is 0 Å². The van der Waals surface area contributed by atoms with Gasteiger partial charge in [0.1, 0.15) is 0 Å². The molecular weight excluding hydrogens is 314 g/mol. The molecule has 0 amide bonds. The van der Waals surface area contributed by atoms with E-state index in [2.05, 4.69) is 48.9 Å². The Hall–Kier alpha value is -2.47. The first-order chi connectivity index (χ1) is 12.2. The van der Waals surface area contributed by atoms with Gasteiger partial charge < -0.3 is 8.98 Å². The molecule has 0 radical (unpaired) electrons. The molecular formula is C19H23N5O. The van der Waals surface area contributed by atoms with Crippen molar-refractivity contribution in [2.24, 2.45) is 7.05 Å². The SMILES string of the molecule is Cc1nnc(C2Cc3ccccc3CN2CCCc2cncn2C)o1. The minimum Gasteiger partial charge on any atom is -0.424 e. The zero-order valence-electron chi connectivity index (χ0n) is 14.7. The Kier molecular flexibility index (Phi) is 4.36. The number of hydrogen-bond acceptors (Lipinski definition) is 5. The van der Waals surface area contributed by atoms with Gasteiger partial charge in [-0.05, 0) is 36.9 Å². The molecule has 6 nitrogen and oxygen atoms in total. The Morgan fingerprint density at radius 1 is 1.20 bits per heavy atom. The zero-order chi connectivity index (χ0) is 17.2. The van der Waals surface area contributed by atoms with Crippen LogP contribution in [0.2, 0.25) is 0 Å². The van der Waals surface area contributed by atoms with E-state index in [1.165, 1.54) is 16.8 Å². The van der Waals surface area contributed by atoms with Crippen LogP contribution >= 0.6 is 0 Å². The molecule has 0 aliphatic carbocycles. The topological polar surface area (TPSA) is 60.0 Å². The fraction of sp³-hybridized carbons (Fsp3) is 0.421. The Balaban J connectivity index is 1.51. The maximum absolute atomic E-state index is 5.76. The first-order valence-electron chi connectivity index (χ1n) is 8.77. The number of hydrogen-bond donors (Lipinski definition) is 0. The van der Waals surface area contributed by atoms with Crippen LogP contribution in [0.15, 0.2) is 41.2 Å². The van der Waals surface area contributed by atoms with Crippen LogP contribution in [0.5, 0.6) is 0 Å². The molecule has 1 aliphatic heterocycles. The minimum atomic E-state index is 0.155. The summed E-state index contributed by atoms with van der Waals surface area (Å²) in [6.45, 7) is 3.76. The summed E-state index contributed by atoms with van der Waals surface area (Å²) < 4.78 is 7.85. The molecule has 0 saturated heterocycles. The summed E-state index contributed by atoms with van der Waals surface area (Å²) in [5.74, 6) is 1.36. The van der Waals surface area contributed by atoms with Gasteiger partial charge in [-0.25, -0.2) is 4.98 Å².